The van der Waals surface area contributed by atoms with Crippen LogP contribution in [0.25, 0.3) is 0 Å². The summed E-state index contributed by atoms with van der Waals surface area (Å²) in [5.74, 6) is -2.63. The molecule has 0 aliphatic carbocycles. The number of halogens is 3. The molecule has 2 fully saturated rings. The highest BCUT2D eigenvalue weighted by Gasteiger charge is 2.61. The maximum atomic E-state index is 10.2. The van der Waals surface area contributed by atoms with E-state index in [1.807, 2.05) is 0 Å². The summed E-state index contributed by atoms with van der Waals surface area (Å²) in [6, 6.07) is 0. The first-order valence-electron chi connectivity index (χ1n) is 7.06. The molecule has 0 radical (unpaired) electrons. The van der Waals surface area contributed by atoms with Crippen molar-refractivity contribution < 1.29 is 44.8 Å². The summed E-state index contributed by atoms with van der Waals surface area (Å²) in [5.41, 5.74) is -1.98. The average molecular weight is 414 g/mol. The molecule has 0 bridgehead atoms. The van der Waals surface area contributed by atoms with Gasteiger partial charge in [0.2, 0.25) is 5.79 Å². The molecule has 0 aromatic carbocycles. The van der Waals surface area contributed by atoms with E-state index in [9.17, 15) is 30.6 Å². The second kappa shape index (κ2) is 8.03. The van der Waals surface area contributed by atoms with Crippen LogP contribution < -0.4 is 0 Å². The van der Waals surface area contributed by atoms with Crippen molar-refractivity contribution in [3.63, 3.8) is 0 Å². The molecule has 1 unspecified atom stereocenters. The van der Waals surface area contributed by atoms with Gasteiger partial charge in [-0.15, -0.1) is 23.2 Å². The van der Waals surface area contributed by atoms with E-state index in [0.29, 0.717) is 0 Å². The Morgan fingerprint density at radius 1 is 1.08 bits per heavy atom. The van der Waals surface area contributed by atoms with Crippen molar-refractivity contribution >= 4 is 34.8 Å². The van der Waals surface area contributed by atoms with Gasteiger partial charge in [-0.2, -0.15) is 0 Å². The Balaban J connectivity index is 2.25. The highest BCUT2D eigenvalue weighted by molar-refractivity contribution is 6.21. The van der Waals surface area contributed by atoms with Crippen LogP contribution in [0.4, 0.5) is 0 Å². The van der Waals surface area contributed by atoms with Gasteiger partial charge in [0.1, 0.15) is 36.6 Å². The van der Waals surface area contributed by atoms with Crippen LogP contribution in [0.5, 0.6) is 0 Å². The molecule has 2 rings (SSSR count). The van der Waals surface area contributed by atoms with Crippen molar-refractivity contribution in [2.75, 3.05) is 12.5 Å². The van der Waals surface area contributed by atoms with Crippen LogP contribution in [0.1, 0.15) is 0 Å². The molecule has 24 heavy (non-hydrogen) atoms. The Kier molecular flexibility index (Phi) is 6.97. The molecule has 0 amide bonds. The predicted octanol–water partition coefficient (Wildman–Crippen LogP) is -2.34. The predicted molar refractivity (Wildman–Crippen MR) is 80.7 cm³/mol. The third-order valence-corrected chi connectivity index (χ3v) is 5.18. The largest absolute Gasteiger partial charge is 0.394 e. The van der Waals surface area contributed by atoms with E-state index in [-0.39, 0.29) is 5.88 Å². The molecule has 9 nitrogen and oxygen atoms in total. The molecule has 2 heterocycles. The third-order valence-electron chi connectivity index (χ3n) is 4.04. The summed E-state index contributed by atoms with van der Waals surface area (Å²) >= 11 is 17.1. The lowest BCUT2D eigenvalue weighted by atomic mass is 10.0. The van der Waals surface area contributed by atoms with Gasteiger partial charge in [-0.05, 0) is 0 Å². The number of hydrogen-bond acceptors (Lipinski definition) is 9. The first-order valence-corrected chi connectivity index (χ1v) is 8.46. The molecule has 0 saturated carbocycles. The van der Waals surface area contributed by atoms with E-state index < -0.39 is 66.2 Å². The van der Waals surface area contributed by atoms with Crippen molar-refractivity contribution in [3.8, 4) is 0 Å². The highest BCUT2D eigenvalue weighted by Crippen LogP contribution is 2.40. The molecule has 2 saturated heterocycles. The van der Waals surface area contributed by atoms with E-state index in [1.54, 1.807) is 0 Å². The maximum absolute atomic E-state index is 10.2. The zero-order valence-corrected chi connectivity index (χ0v) is 14.4. The van der Waals surface area contributed by atoms with Gasteiger partial charge in [-0.3, -0.25) is 0 Å². The molecular formula is C12H19Cl3O9. The van der Waals surface area contributed by atoms with Crippen LogP contribution >= 0.6 is 34.8 Å². The molecule has 2 aliphatic heterocycles. The van der Waals surface area contributed by atoms with Crippen LogP contribution in [0.2, 0.25) is 0 Å². The van der Waals surface area contributed by atoms with Gasteiger partial charge >= 0.3 is 0 Å². The van der Waals surface area contributed by atoms with Crippen molar-refractivity contribution in [3.05, 3.63) is 0 Å². The van der Waals surface area contributed by atoms with Crippen LogP contribution in [-0.2, 0) is 14.2 Å². The second-order valence-corrected chi connectivity index (χ2v) is 6.80. The lowest BCUT2D eigenvalue weighted by Crippen LogP contribution is -2.62. The minimum Gasteiger partial charge on any atom is -0.394 e. The van der Waals surface area contributed by atoms with Crippen molar-refractivity contribution in [1.29, 1.82) is 0 Å². The van der Waals surface area contributed by atoms with Gasteiger partial charge in [0.05, 0.1) is 17.9 Å². The molecule has 6 N–H and O–H groups in total. The van der Waals surface area contributed by atoms with Gasteiger partial charge in [0.25, 0.3) is 0 Å². The third kappa shape index (κ3) is 3.51. The fourth-order valence-electron chi connectivity index (χ4n) is 2.61. The van der Waals surface area contributed by atoms with Crippen LogP contribution in [0.3, 0.4) is 0 Å². The van der Waals surface area contributed by atoms with Crippen LogP contribution in [0.15, 0.2) is 0 Å². The summed E-state index contributed by atoms with van der Waals surface area (Å²) in [7, 11) is 0. The molecular weight excluding hydrogens is 394 g/mol. The second-order valence-electron chi connectivity index (χ2n) is 5.57. The summed E-state index contributed by atoms with van der Waals surface area (Å²) in [4.78, 5) is 0. The SMILES string of the molecule is OC[C@H]1O[C@H](O[C@]2(C(O)Cl)O[C@H](CCl)[C@@H](O)[C@@H]2O)[C@H](O)[C@@H](O)[C@H]1Cl. The van der Waals surface area contributed by atoms with Crippen LogP contribution in [-0.4, -0.2) is 103 Å². The minimum absolute atomic E-state index is 0.243. The maximum Gasteiger partial charge on any atom is 0.241 e. The van der Waals surface area contributed by atoms with E-state index in [0.717, 1.165) is 0 Å². The summed E-state index contributed by atoms with van der Waals surface area (Å²) in [6.45, 7) is -0.593. The normalized spacial score (nSPS) is 50.9. The molecule has 0 aromatic rings. The molecule has 142 valence electrons. The molecule has 12 heteroatoms. The Morgan fingerprint density at radius 2 is 1.71 bits per heavy atom. The number of aliphatic hydroxyl groups excluding tert-OH is 6. The zero-order valence-electron chi connectivity index (χ0n) is 12.2. The smallest absolute Gasteiger partial charge is 0.241 e. The van der Waals surface area contributed by atoms with Crippen molar-refractivity contribution in [1.82, 2.24) is 0 Å². The van der Waals surface area contributed by atoms with Gasteiger partial charge in [-0.1, -0.05) is 11.6 Å². The lowest BCUT2D eigenvalue weighted by Gasteiger charge is -2.44. The minimum atomic E-state index is -2.38. The number of hydrogen-bond donors (Lipinski definition) is 6. The molecule has 10 atom stereocenters. The summed E-state index contributed by atoms with van der Waals surface area (Å²) < 4.78 is 15.8. The standard InChI is InChI=1S/C12H19Cl3O9/c13-1-3-6(17)9(20)12(23-3,11(15)21)24-10-8(19)7(18)5(14)4(2-16)22-10/h3-11,16-21H,1-2H2/t3-,4-,5+,6-,7+,8-,9+,10-,11?,12-/m1/s1. The quantitative estimate of drug-likeness (QED) is 0.273. The zero-order chi connectivity index (χ0) is 18.2. The van der Waals surface area contributed by atoms with Gasteiger partial charge in [0, 0.05) is 0 Å². The van der Waals surface area contributed by atoms with Gasteiger partial charge < -0.3 is 44.8 Å². The van der Waals surface area contributed by atoms with E-state index in [2.05, 4.69) is 0 Å². The van der Waals surface area contributed by atoms with Gasteiger partial charge in [0.15, 0.2) is 11.9 Å². The molecule has 0 spiro atoms. The molecule has 0 aromatic heterocycles. The van der Waals surface area contributed by atoms with E-state index in [4.69, 9.17) is 49.0 Å². The molecule has 2 aliphatic rings. The lowest BCUT2D eigenvalue weighted by molar-refractivity contribution is -0.376. The first-order chi connectivity index (χ1) is 11.2. The van der Waals surface area contributed by atoms with Crippen molar-refractivity contribution in [2.45, 2.75) is 59.6 Å². The fourth-order valence-corrected chi connectivity index (χ4v) is 3.38. The first kappa shape index (κ1) is 20.8. The number of ether oxygens (including phenoxy) is 3. The average Bonchev–Trinajstić information content (AvgIpc) is 2.81. The Morgan fingerprint density at radius 3 is 2.17 bits per heavy atom. The topological polar surface area (TPSA) is 149 Å². The van der Waals surface area contributed by atoms with E-state index in [1.165, 1.54) is 0 Å². The fraction of sp³-hybridized carbons (Fsp3) is 1.00. The Labute approximate surface area is 152 Å². The van der Waals surface area contributed by atoms with E-state index >= 15 is 0 Å². The number of aliphatic hydroxyl groups is 6. The Bertz CT molecular complexity index is 429. The summed E-state index contributed by atoms with van der Waals surface area (Å²) in [6.07, 6.45) is -10.5. The monoisotopic (exact) mass is 412 g/mol. The van der Waals surface area contributed by atoms with Crippen molar-refractivity contribution in [2.24, 2.45) is 0 Å². The highest BCUT2D eigenvalue weighted by atomic mass is 35.5. The van der Waals surface area contributed by atoms with Crippen LogP contribution in [0, 0.1) is 0 Å². The Hall–Kier alpha value is 0.510. The number of rotatable bonds is 5. The number of alkyl halides is 3. The summed E-state index contributed by atoms with van der Waals surface area (Å²) in [5, 5.41) is 57.9. The van der Waals surface area contributed by atoms with Gasteiger partial charge in [-0.25, -0.2) is 0 Å².